The lowest BCUT2D eigenvalue weighted by Crippen LogP contribution is -2.21. The van der Waals surface area contributed by atoms with Gasteiger partial charge in [0.1, 0.15) is 36.9 Å². The quantitative estimate of drug-likeness (QED) is 0.146. The minimum absolute atomic E-state index is 0.148. The van der Waals surface area contributed by atoms with Crippen LogP contribution in [0.1, 0.15) is 105 Å². The highest BCUT2D eigenvalue weighted by molar-refractivity contribution is 7.92. The molecule has 4 aromatic carbocycles. The Morgan fingerprint density at radius 1 is 0.500 bits per heavy atom. The Morgan fingerprint density at radius 2 is 0.929 bits per heavy atom. The molecular weight excluding hydrogens is 745 g/mol. The molecule has 304 valence electrons. The second-order valence-corrected chi connectivity index (χ2v) is 22.7. The van der Waals surface area contributed by atoms with E-state index < -0.39 is 19.7 Å². The van der Waals surface area contributed by atoms with E-state index in [1.165, 1.54) is 0 Å². The van der Waals surface area contributed by atoms with Crippen LogP contribution < -0.4 is 9.47 Å². The Balaban J connectivity index is 0.000000214. The van der Waals surface area contributed by atoms with Gasteiger partial charge in [0, 0.05) is 5.56 Å². The maximum Gasteiger partial charge on any atom is 0.207 e. The van der Waals surface area contributed by atoms with Gasteiger partial charge >= 0.3 is 0 Å². The molecule has 2 unspecified atom stereocenters. The molecule has 10 heteroatoms. The van der Waals surface area contributed by atoms with E-state index in [9.17, 15) is 16.8 Å². The number of rotatable bonds is 10. The smallest absolute Gasteiger partial charge is 0.207 e. The topological polar surface area (TPSA) is 112 Å². The molecule has 2 atom stereocenters. The SMILES string of the molecule is CC(C)(C)c1cc(S(=O)(=O)c2ccccc2C(C)(C)C)ccc1OCC1CO1.CC(C)(C)c1ccccc1S(=O)(=O)c1ccc(OCC2CO2)cc1C(C)(C)C. The van der Waals surface area contributed by atoms with E-state index in [0.717, 1.165) is 35.5 Å². The maximum absolute atomic E-state index is 13.7. The van der Waals surface area contributed by atoms with Crippen LogP contribution in [0, 0.1) is 0 Å². The maximum atomic E-state index is 13.7. The zero-order valence-corrected chi connectivity index (χ0v) is 36.8. The number of sulfone groups is 2. The summed E-state index contributed by atoms with van der Waals surface area (Å²) in [6, 6.07) is 25.0. The van der Waals surface area contributed by atoms with Gasteiger partial charge in [-0.3, -0.25) is 0 Å². The van der Waals surface area contributed by atoms with Gasteiger partial charge in [0.15, 0.2) is 0 Å². The van der Waals surface area contributed by atoms with Gasteiger partial charge in [-0.05, 0) is 86.9 Å². The fourth-order valence-corrected chi connectivity index (χ4v) is 10.2. The van der Waals surface area contributed by atoms with Gasteiger partial charge in [0.2, 0.25) is 19.7 Å². The summed E-state index contributed by atoms with van der Waals surface area (Å²) in [6.45, 7) is 26.8. The second kappa shape index (κ2) is 15.9. The highest BCUT2D eigenvalue weighted by atomic mass is 32.2. The first-order chi connectivity index (χ1) is 25.8. The molecule has 4 aromatic rings. The van der Waals surface area contributed by atoms with Crippen LogP contribution in [0.5, 0.6) is 11.5 Å². The molecule has 6 rings (SSSR count). The van der Waals surface area contributed by atoms with Gasteiger partial charge in [-0.25, -0.2) is 16.8 Å². The van der Waals surface area contributed by atoms with E-state index in [4.69, 9.17) is 18.9 Å². The van der Waals surface area contributed by atoms with Crippen LogP contribution in [0.2, 0.25) is 0 Å². The van der Waals surface area contributed by atoms with Crippen molar-refractivity contribution in [3.05, 3.63) is 107 Å². The lowest BCUT2D eigenvalue weighted by atomic mass is 9.86. The largest absolute Gasteiger partial charge is 0.491 e. The molecule has 8 nitrogen and oxygen atoms in total. The lowest BCUT2D eigenvalue weighted by Gasteiger charge is -2.26. The first kappa shape index (κ1) is 43.4. The molecule has 56 heavy (non-hydrogen) atoms. The van der Waals surface area contributed by atoms with Crippen LogP contribution in [0.3, 0.4) is 0 Å². The highest BCUT2D eigenvalue weighted by Crippen LogP contribution is 2.40. The van der Waals surface area contributed by atoms with Crippen LogP contribution in [0.4, 0.5) is 0 Å². The third-order valence-electron chi connectivity index (χ3n) is 9.75. The fraction of sp³-hybridized carbons (Fsp3) is 0.478. The van der Waals surface area contributed by atoms with Crippen molar-refractivity contribution >= 4 is 19.7 Å². The lowest BCUT2D eigenvalue weighted by molar-refractivity contribution is 0.258. The van der Waals surface area contributed by atoms with Crippen molar-refractivity contribution in [2.24, 2.45) is 0 Å². The van der Waals surface area contributed by atoms with Crippen LogP contribution in [-0.2, 0) is 50.8 Å². The van der Waals surface area contributed by atoms with Crippen molar-refractivity contribution in [1.29, 1.82) is 0 Å². The Labute approximate surface area is 335 Å². The first-order valence-corrected chi connectivity index (χ1v) is 22.2. The van der Waals surface area contributed by atoms with Gasteiger partial charge in [0.05, 0.1) is 32.8 Å². The zero-order chi connectivity index (χ0) is 41.5. The van der Waals surface area contributed by atoms with Crippen molar-refractivity contribution in [2.45, 2.75) is 137 Å². The summed E-state index contributed by atoms with van der Waals surface area (Å²) in [4.78, 5) is 1.37. The van der Waals surface area contributed by atoms with Crippen molar-refractivity contribution in [2.75, 3.05) is 26.4 Å². The molecule has 0 aliphatic carbocycles. The summed E-state index contributed by atoms with van der Waals surface area (Å²) < 4.78 is 76.5. The molecule has 2 saturated heterocycles. The predicted molar refractivity (Wildman–Crippen MR) is 222 cm³/mol. The Morgan fingerprint density at radius 3 is 1.39 bits per heavy atom. The van der Waals surface area contributed by atoms with Crippen molar-refractivity contribution < 1.29 is 35.8 Å². The molecule has 0 amide bonds. The molecule has 0 bridgehead atoms. The zero-order valence-electron chi connectivity index (χ0n) is 35.1. The molecule has 2 heterocycles. The number of hydrogen-bond acceptors (Lipinski definition) is 8. The molecule has 2 aliphatic heterocycles. The number of hydrogen-bond donors (Lipinski definition) is 0. The molecular formula is C46H60O8S2. The summed E-state index contributed by atoms with van der Waals surface area (Å²) in [5.74, 6) is 1.38. The van der Waals surface area contributed by atoms with Gasteiger partial charge in [-0.15, -0.1) is 0 Å². The van der Waals surface area contributed by atoms with Crippen LogP contribution in [0.25, 0.3) is 0 Å². The standard InChI is InChI=1S/2C23H30O4S/c1-22(2,3)18-9-7-8-10-21(18)28(24,25)17-11-12-20(27-15-16-14-26-16)19(13-17)23(4,5)6;1-22(2,3)18-9-7-8-10-20(18)28(24,25)21-12-11-16(26-14-17-15-27-17)13-19(21)23(4,5)6/h7-13,16H,14-15H2,1-6H3;7-13,17H,14-15H2,1-6H3. The third kappa shape index (κ3) is 10.4. The molecule has 0 spiro atoms. The first-order valence-electron chi connectivity index (χ1n) is 19.3. The van der Waals surface area contributed by atoms with E-state index in [2.05, 4.69) is 20.8 Å². The molecule has 2 fully saturated rings. The minimum Gasteiger partial charge on any atom is -0.491 e. The number of benzene rings is 4. The average Bonchev–Trinajstić information content (AvgIpc) is 4.05. The monoisotopic (exact) mass is 804 g/mol. The Kier molecular flexibility index (Phi) is 12.3. The third-order valence-corrected chi connectivity index (χ3v) is 13.4. The van der Waals surface area contributed by atoms with Gasteiger partial charge in [0.25, 0.3) is 0 Å². The van der Waals surface area contributed by atoms with E-state index in [0.29, 0.717) is 44.3 Å². The summed E-state index contributed by atoms with van der Waals surface area (Å²) in [7, 11) is -7.33. The van der Waals surface area contributed by atoms with Crippen LogP contribution in [-0.4, -0.2) is 55.5 Å². The van der Waals surface area contributed by atoms with E-state index in [-0.39, 0.29) is 33.9 Å². The Bertz CT molecular complexity index is 2240. The number of ether oxygens (including phenoxy) is 4. The van der Waals surface area contributed by atoms with Crippen LogP contribution >= 0.6 is 0 Å². The second-order valence-electron chi connectivity index (χ2n) is 18.8. The van der Waals surface area contributed by atoms with E-state index in [1.54, 1.807) is 54.6 Å². The summed E-state index contributed by atoms with van der Waals surface area (Å²) in [6.07, 6.45) is 0.301. The number of epoxide rings is 2. The van der Waals surface area contributed by atoms with Gasteiger partial charge in [-0.1, -0.05) is 119 Å². The molecule has 0 aromatic heterocycles. The van der Waals surface area contributed by atoms with Crippen LogP contribution in [0.15, 0.2) is 105 Å². The molecule has 0 saturated carbocycles. The summed E-state index contributed by atoms with van der Waals surface area (Å²) in [5.41, 5.74) is 2.11. The predicted octanol–water partition coefficient (Wildman–Crippen LogP) is 9.78. The van der Waals surface area contributed by atoms with Gasteiger partial charge < -0.3 is 18.9 Å². The fourth-order valence-electron chi connectivity index (χ4n) is 6.39. The van der Waals surface area contributed by atoms with Crippen molar-refractivity contribution in [3.8, 4) is 11.5 Å². The normalized spacial score (nSPS) is 17.4. The van der Waals surface area contributed by atoms with Gasteiger partial charge in [-0.2, -0.15) is 0 Å². The Hall–Kier alpha value is -3.70. The van der Waals surface area contributed by atoms with E-state index in [1.807, 2.05) is 92.6 Å². The molecule has 0 radical (unpaired) electrons. The highest BCUT2D eigenvalue weighted by Gasteiger charge is 2.33. The van der Waals surface area contributed by atoms with E-state index >= 15 is 0 Å². The minimum atomic E-state index is -3.68. The summed E-state index contributed by atoms with van der Waals surface area (Å²) >= 11 is 0. The average molecular weight is 805 g/mol. The molecule has 2 aliphatic rings. The van der Waals surface area contributed by atoms with Crippen molar-refractivity contribution in [1.82, 2.24) is 0 Å². The summed E-state index contributed by atoms with van der Waals surface area (Å²) in [5, 5.41) is 0. The molecule has 0 N–H and O–H groups in total. The van der Waals surface area contributed by atoms with Crippen molar-refractivity contribution in [3.63, 3.8) is 0 Å².